The molecule has 2 aromatic rings. The van der Waals surface area contributed by atoms with E-state index in [0.29, 0.717) is 10.6 Å². The van der Waals surface area contributed by atoms with Gasteiger partial charge in [0.2, 0.25) is 5.91 Å². The average Bonchev–Trinajstić information content (AvgIpc) is 3.20. The van der Waals surface area contributed by atoms with Gasteiger partial charge in [0.1, 0.15) is 6.42 Å². The second kappa shape index (κ2) is 9.69. The van der Waals surface area contributed by atoms with E-state index in [1.54, 1.807) is 23.6 Å². The molecule has 138 valence electrons. The molecule has 10 heteroatoms. The number of carbonyl (C=O) groups is 4. The summed E-state index contributed by atoms with van der Waals surface area (Å²) in [6.45, 7) is -0.579. The number of amides is 3. The monoisotopic (exact) mass is 386 g/mol. The number of hydrazine groups is 1. The quantitative estimate of drug-likeness (QED) is 0.504. The van der Waals surface area contributed by atoms with Crippen LogP contribution < -0.4 is 16.2 Å². The van der Waals surface area contributed by atoms with E-state index in [1.807, 2.05) is 0 Å². The summed E-state index contributed by atoms with van der Waals surface area (Å²) in [5, 5.41) is 12.6. The summed E-state index contributed by atoms with van der Waals surface area (Å²) in [5.74, 6) is -2.38. The Hall–Kier alpha value is -3.71. The minimum Gasteiger partial charge on any atom is -0.452 e. The van der Waals surface area contributed by atoms with E-state index in [-0.39, 0.29) is 12.0 Å². The number of thiophene rings is 1. The first-order valence-electron chi connectivity index (χ1n) is 7.56. The first-order valence-corrected chi connectivity index (χ1v) is 8.44. The van der Waals surface area contributed by atoms with Crippen LogP contribution >= 0.6 is 11.3 Å². The molecule has 9 nitrogen and oxygen atoms in total. The lowest BCUT2D eigenvalue weighted by Crippen LogP contribution is -2.43. The third-order valence-corrected chi connectivity index (χ3v) is 3.91. The molecule has 0 atom stereocenters. The molecule has 0 saturated heterocycles. The molecule has 3 N–H and O–H groups in total. The van der Waals surface area contributed by atoms with Crippen molar-refractivity contribution in [3.05, 3.63) is 52.2 Å². The lowest BCUT2D eigenvalue weighted by molar-refractivity contribution is -0.125. The van der Waals surface area contributed by atoms with Crippen molar-refractivity contribution in [3.8, 4) is 6.07 Å². The number of nitrogens with one attached hydrogen (secondary N) is 3. The van der Waals surface area contributed by atoms with E-state index in [4.69, 9.17) is 10.00 Å². The topological polar surface area (TPSA) is 137 Å². The Labute approximate surface area is 157 Å². The van der Waals surface area contributed by atoms with Crippen molar-refractivity contribution < 1.29 is 23.9 Å². The van der Waals surface area contributed by atoms with E-state index in [1.165, 1.54) is 35.6 Å². The number of benzene rings is 1. The van der Waals surface area contributed by atoms with E-state index in [0.717, 1.165) is 0 Å². The summed E-state index contributed by atoms with van der Waals surface area (Å²) >= 11 is 1.21. The van der Waals surface area contributed by atoms with Crippen molar-refractivity contribution in [2.75, 3.05) is 11.9 Å². The summed E-state index contributed by atoms with van der Waals surface area (Å²) in [4.78, 5) is 46.9. The van der Waals surface area contributed by atoms with Gasteiger partial charge >= 0.3 is 5.97 Å². The molecule has 0 fully saturated rings. The van der Waals surface area contributed by atoms with Gasteiger partial charge in [-0.2, -0.15) is 5.26 Å². The maximum atomic E-state index is 11.9. The maximum Gasteiger partial charge on any atom is 0.338 e. The van der Waals surface area contributed by atoms with E-state index in [2.05, 4.69) is 16.2 Å². The minimum absolute atomic E-state index is 0.170. The van der Waals surface area contributed by atoms with Crippen LogP contribution in [0.4, 0.5) is 5.69 Å². The highest BCUT2D eigenvalue weighted by atomic mass is 32.1. The van der Waals surface area contributed by atoms with Crippen LogP contribution in [0.5, 0.6) is 0 Å². The molecular formula is C17H14N4O5S. The van der Waals surface area contributed by atoms with Crippen molar-refractivity contribution in [3.63, 3.8) is 0 Å². The Morgan fingerprint density at radius 3 is 2.41 bits per heavy atom. The van der Waals surface area contributed by atoms with Crippen LogP contribution in [0, 0.1) is 11.3 Å². The average molecular weight is 386 g/mol. The molecule has 1 heterocycles. The SMILES string of the molecule is N#CCC(=O)Nc1ccc(C(=O)OCC(=O)NNC(=O)c2cccs2)cc1. The Morgan fingerprint density at radius 2 is 1.78 bits per heavy atom. The normalized spacial score (nSPS) is 9.59. The number of ether oxygens (including phenoxy) is 1. The minimum atomic E-state index is -0.746. The molecule has 0 bridgehead atoms. The third-order valence-electron chi connectivity index (χ3n) is 3.04. The van der Waals surface area contributed by atoms with Gasteiger partial charge in [-0.15, -0.1) is 11.3 Å². The number of rotatable bonds is 6. The summed E-state index contributed by atoms with van der Waals surface area (Å²) in [7, 11) is 0. The standard InChI is InChI=1S/C17H14N4O5S/c18-8-7-14(22)19-12-5-3-11(4-6-12)17(25)26-10-15(23)20-21-16(24)13-2-1-9-27-13/h1-6,9H,7,10H2,(H,19,22)(H,20,23)(H,21,24). The van der Waals surface area contributed by atoms with Gasteiger partial charge in [0.25, 0.3) is 11.8 Å². The summed E-state index contributed by atoms with van der Waals surface area (Å²) in [6.07, 6.45) is -0.276. The summed E-state index contributed by atoms with van der Waals surface area (Å²) < 4.78 is 4.84. The number of nitrogens with zero attached hydrogens (tertiary/aromatic N) is 1. The van der Waals surface area contributed by atoms with Crippen LogP contribution in [-0.2, 0) is 14.3 Å². The van der Waals surface area contributed by atoms with Gasteiger partial charge in [-0.1, -0.05) is 6.07 Å². The van der Waals surface area contributed by atoms with E-state index in [9.17, 15) is 19.2 Å². The zero-order valence-corrected chi connectivity index (χ0v) is 14.7. The molecule has 1 aromatic heterocycles. The molecule has 3 amide bonds. The molecule has 1 aromatic carbocycles. The molecule has 0 saturated carbocycles. The number of hydrogen-bond acceptors (Lipinski definition) is 7. The molecular weight excluding hydrogens is 372 g/mol. The summed E-state index contributed by atoms with van der Waals surface area (Å²) in [5.41, 5.74) is 4.93. The Kier molecular flexibility index (Phi) is 7.04. The van der Waals surface area contributed by atoms with Gasteiger partial charge in [-0.25, -0.2) is 4.79 Å². The van der Waals surface area contributed by atoms with Gasteiger partial charge < -0.3 is 10.1 Å². The Balaban J connectivity index is 1.76. The van der Waals surface area contributed by atoms with Crippen LogP contribution in [0.3, 0.4) is 0 Å². The molecule has 0 spiro atoms. The smallest absolute Gasteiger partial charge is 0.338 e. The highest BCUT2D eigenvalue weighted by Gasteiger charge is 2.12. The first-order chi connectivity index (χ1) is 13.0. The second-order valence-corrected chi connectivity index (χ2v) is 5.96. The lowest BCUT2D eigenvalue weighted by Gasteiger charge is -2.08. The van der Waals surface area contributed by atoms with Gasteiger partial charge in [-0.3, -0.25) is 25.2 Å². The fraction of sp³-hybridized carbons (Fsp3) is 0.118. The number of nitriles is 1. The highest BCUT2D eigenvalue weighted by molar-refractivity contribution is 7.12. The molecule has 27 heavy (non-hydrogen) atoms. The van der Waals surface area contributed by atoms with Crippen molar-refractivity contribution >= 4 is 40.7 Å². The van der Waals surface area contributed by atoms with Crippen molar-refractivity contribution in [2.45, 2.75) is 6.42 Å². The molecule has 2 rings (SSSR count). The zero-order chi connectivity index (χ0) is 19.6. The van der Waals surface area contributed by atoms with Crippen LogP contribution in [-0.4, -0.2) is 30.3 Å². The molecule has 0 unspecified atom stereocenters. The van der Waals surface area contributed by atoms with Gasteiger partial charge in [0.05, 0.1) is 16.5 Å². The number of esters is 1. The molecule has 0 aliphatic heterocycles. The molecule has 0 aliphatic carbocycles. The fourth-order valence-corrected chi connectivity index (χ4v) is 2.43. The van der Waals surface area contributed by atoms with E-state index >= 15 is 0 Å². The largest absolute Gasteiger partial charge is 0.452 e. The summed E-state index contributed by atoms with van der Waals surface area (Å²) in [6, 6.07) is 10.8. The van der Waals surface area contributed by atoms with Crippen LogP contribution in [0.25, 0.3) is 0 Å². The lowest BCUT2D eigenvalue weighted by atomic mass is 10.2. The van der Waals surface area contributed by atoms with Gasteiger partial charge in [0.15, 0.2) is 6.61 Å². The Bertz CT molecular complexity index is 872. The number of carbonyl (C=O) groups excluding carboxylic acids is 4. The number of anilines is 1. The maximum absolute atomic E-state index is 11.9. The predicted molar refractivity (Wildman–Crippen MR) is 95.5 cm³/mol. The van der Waals surface area contributed by atoms with Crippen LogP contribution in [0.2, 0.25) is 0 Å². The van der Waals surface area contributed by atoms with Crippen LogP contribution in [0.1, 0.15) is 26.5 Å². The van der Waals surface area contributed by atoms with Gasteiger partial charge in [-0.05, 0) is 35.7 Å². The van der Waals surface area contributed by atoms with Crippen molar-refractivity contribution in [1.29, 1.82) is 5.26 Å². The first kappa shape index (κ1) is 19.6. The second-order valence-electron chi connectivity index (χ2n) is 5.02. The molecule has 0 aliphatic rings. The zero-order valence-electron chi connectivity index (χ0n) is 13.9. The van der Waals surface area contributed by atoms with Crippen molar-refractivity contribution in [2.24, 2.45) is 0 Å². The fourth-order valence-electron chi connectivity index (χ4n) is 1.81. The number of hydrogen-bond donors (Lipinski definition) is 3. The van der Waals surface area contributed by atoms with Crippen LogP contribution in [0.15, 0.2) is 41.8 Å². The predicted octanol–water partition coefficient (Wildman–Crippen LogP) is 1.22. The Morgan fingerprint density at radius 1 is 1.04 bits per heavy atom. The van der Waals surface area contributed by atoms with E-state index < -0.39 is 30.3 Å². The van der Waals surface area contributed by atoms with Crippen molar-refractivity contribution in [1.82, 2.24) is 10.9 Å². The highest BCUT2D eigenvalue weighted by Crippen LogP contribution is 2.11. The van der Waals surface area contributed by atoms with Gasteiger partial charge in [0, 0.05) is 5.69 Å². The molecule has 0 radical (unpaired) electrons. The third kappa shape index (κ3) is 6.26.